The summed E-state index contributed by atoms with van der Waals surface area (Å²) in [6.45, 7) is 0. The van der Waals surface area contributed by atoms with Crippen LogP contribution < -0.4 is 14.8 Å². The Balaban J connectivity index is 1.68. The van der Waals surface area contributed by atoms with Gasteiger partial charge in [0.2, 0.25) is 0 Å². The molecule has 0 atom stereocenters. The number of nitrogens with one attached hydrogen (secondary N) is 1. The average molecular weight is 371 g/mol. The van der Waals surface area contributed by atoms with Crippen LogP contribution >= 0.6 is 0 Å². The molecule has 2 fully saturated rings. The lowest BCUT2D eigenvalue weighted by Gasteiger charge is -2.35. The molecule has 0 bridgehead atoms. The van der Waals surface area contributed by atoms with Crippen molar-refractivity contribution in [1.82, 2.24) is 25.5 Å². The minimum atomic E-state index is -0.140. The zero-order valence-electron chi connectivity index (χ0n) is 16.3. The van der Waals surface area contributed by atoms with Gasteiger partial charge in [-0.1, -0.05) is 32.1 Å². The molecule has 1 aromatic heterocycles. The van der Waals surface area contributed by atoms with Crippen molar-refractivity contribution in [2.45, 2.75) is 69.4 Å². The van der Waals surface area contributed by atoms with E-state index in [2.05, 4.69) is 20.8 Å². The van der Waals surface area contributed by atoms with Crippen molar-refractivity contribution in [3.05, 3.63) is 24.0 Å². The number of hydrogen-bond donors (Lipinski definition) is 1. The maximum absolute atomic E-state index is 5.46. The first-order chi connectivity index (χ1) is 13.3. The lowest BCUT2D eigenvalue weighted by atomic mass is 9.89. The molecule has 2 aliphatic carbocycles. The van der Waals surface area contributed by atoms with Gasteiger partial charge in [0.25, 0.3) is 0 Å². The van der Waals surface area contributed by atoms with Crippen LogP contribution in [0.25, 0.3) is 5.69 Å². The van der Waals surface area contributed by atoms with Crippen LogP contribution in [0.1, 0.15) is 63.6 Å². The van der Waals surface area contributed by atoms with Gasteiger partial charge in [0.05, 0.1) is 25.4 Å². The van der Waals surface area contributed by atoms with Crippen molar-refractivity contribution >= 4 is 0 Å². The number of tetrazole rings is 1. The van der Waals surface area contributed by atoms with Gasteiger partial charge < -0.3 is 14.8 Å². The van der Waals surface area contributed by atoms with Gasteiger partial charge in [-0.15, -0.1) is 5.10 Å². The summed E-state index contributed by atoms with van der Waals surface area (Å²) in [7, 11) is 3.28. The summed E-state index contributed by atoms with van der Waals surface area (Å²) in [6, 6.07) is 6.37. The van der Waals surface area contributed by atoms with E-state index in [0.29, 0.717) is 17.5 Å². The summed E-state index contributed by atoms with van der Waals surface area (Å²) in [4.78, 5) is 0. The highest BCUT2D eigenvalue weighted by Gasteiger charge is 2.42. The summed E-state index contributed by atoms with van der Waals surface area (Å²) in [5.41, 5.74) is 0.753. The summed E-state index contributed by atoms with van der Waals surface area (Å²) in [6.07, 6.45) is 11.1. The molecule has 2 aromatic rings. The molecule has 0 radical (unpaired) electrons. The Morgan fingerprint density at radius 1 is 1.00 bits per heavy atom. The first-order valence-electron chi connectivity index (χ1n) is 10.0. The van der Waals surface area contributed by atoms with E-state index >= 15 is 0 Å². The van der Waals surface area contributed by atoms with Gasteiger partial charge in [-0.3, -0.25) is 0 Å². The fourth-order valence-electron chi connectivity index (χ4n) is 4.66. The SMILES string of the molecule is COc1ccc(-n2nnnc2C2(NC3CCCCC3)CCCC2)cc1OC. The predicted molar refractivity (Wildman–Crippen MR) is 102 cm³/mol. The highest BCUT2D eigenvalue weighted by molar-refractivity contribution is 5.49. The first-order valence-corrected chi connectivity index (χ1v) is 10.0. The molecule has 0 amide bonds. The highest BCUT2D eigenvalue weighted by atomic mass is 16.5. The second kappa shape index (κ2) is 7.84. The second-order valence-corrected chi connectivity index (χ2v) is 7.72. The summed E-state index contributed by atoms with van der Waals surface area (Å²) in [5, 5.41) is 16.8. The summed E-state index contributed by atoms with van der Waals surface area (Å²) in [5.74, 6) is 2.29. The third-order valence-corrected chi connectivity index (χ3v) is 6.05. The quantitative estimate of drug-likeness (QED) is 0.839. The maximum atomic E-state index is 5.46. The maximum Gasteiger partial charge on any atom is 0.176 e. The third kappa shape index (κ3) is 3.52. The summed E-state index contributed by atoms with van der Waals surface area (Å²) < 4.78 is 12.7. The van der Waals surface area contributed by atoms with Crippen molar-refractivity contribution in [3.63, 3.8) is 0 Å². The zero-order chi connectivity index (χ0) is 18.7. The Morgan fingerprint density at radius 3 is 2.44 bits per heavy atom. The van der Waals surface area contributed by atoms with Crippen LogP contribution in [0.15, 0.2) is 18.2 Å². The van der Waals surface area contributed by atoms with E-state index in [1.54, 1.807) is 14.2 Å². The molecule has 0 saturated heterocycles. The highest BCUT2D eigenvalue weighted by Crippen LogP contribution is 2.40. The van der Waals surface area contributed by atoms with Crippen LogP contribution in [0.2, 0.25) is 0 Å². The normalized spacial score (nSPS) is 19.9. The smallest absolute Gasteiger partial charge is 0.176 e. The molecule has 146 valence electrons. The Bertz CT molecular complexity index is 763. The van der Waals surface area contributed by atoms with Gasteiger partial charge in [-0.2, -0.15) is 4.68 Å². The van der Waals surface area contributed by atoms with Gasteiger partial charge in [0, 0.05) is 12.1 Å². The van der Waals surface area contributed by atoms with Crippen molar-refractivity contribution in [2.75, 3.05) is 14.2 Å². The molecule has 1 aromatic carbocycles. The molecule has 0 aliphatic heterocycles. The van der Waals surface area contributed by atoms with Gasteiger partial charge in [-0.25, -0.2) is 0 Å². The Kier molecular flexibility index (Phi) is 5.29. The molecule has 7 heteroatoms. The van der Waals surface area contributed by atoms with Crippen LogP contribution in [0, 0.1) is 0 Å². The number of aromatic nitrogens is 4. The van der Waals surface area contributed by atoms with Crippen molar-refractivity contribution < 1.29 is 9.47 Å². The fourth-order valence-corrected chi connectivity index (χ4v) is 4.66. The minimum absolute atomic E-state index is 0.140. The van der Waals surface area contributed by atoms with E-state index in [1.807, 2.05) is 22.9 Å². The molecule has 0 unspecified atom stereocenters. The van der Waals surface area contributed by atoms with Crippen LogP contribution in [-0.2, 0) is 5.54 Å². The Labute approximate surface area is 160 Å². The summed E-state index contributed by atoms with van der Waals surface area (Å²) >= 11 is 0. The predicted octanol–water partition coefficient (Wildman–Crippen LogP) is 3.37. The van der Waals surface area contributed by atoms with E-state index in [1.165, 1.54) is 44.9 Å². The molecule has 7 nitrogen and oxygen atoms in total. The first kappa shape index (κ1) is 18.2. The topological polar surface area (TPSA) is 74.1 Å². The molecule has 2 aliphatic rings. The Hall–Kier alpha value is -2.15. The number of hydrogen-bond acceptors (Lipinski definition) is 6. The minimum Gasteiger partial charge on any atom is -0.493 e. The standard InChI is InChI=1S/C20H29N5O2/c1-26-17-11-10-16(14-18(17)27-2)25-19(22-23-24-25)20(12-6-7-13-20)21-15-8-4-3-5-9-15/h10-11,14-15,21H,3-9,12-13H2,1-2H3. The van der Waals surface area contributed by atoms with Crippen molar-refractivity contribution in [1.29, 1.82) is 0 Å². The molecule has 1 heterocycles. The lowest BCUT2D eigenvalue weighted by Crippen LogP contribution is -2.48. The fraction of sp³-hybridized carbons (Fsp3) is 0.650. The van der Waals surface area contributed by atoms with E-state index in [9.17, 15) is 0 Å². The van der Waals surface area contributed by atoms with E-state index in [0.717, 1.165) is 24.4 Å². The van der Waals surface area contributed by atoms with Gasteiger partial charge in [-0.05, 0) is 48.2 Å². The number of rotatable bonds is 6. The second-order valence-electron chi connectivity index (χ2n) is 7.72. The molecule has 1 N–H and O–H groups in total. The largest absolute Gasteiger partial charge is 0.493 e. The van der Waals surface area contributed by atoms with E-state index < -0.39 is 0 Å². The molecular formula is C20H29N5O2. The number of ether oxygens (including phenoxy) is 2. The molecule has 27 heavy (non-hydrogen) atoms. The number of benzene rings is 1. The van der Waals surface area contributed by atoms with Crippen LogP contribution in [0.3, 0.4) is 0 Å². The molecular weight excluding hydrogens is 342 g/mol. The third-order valence-electron chi connectivity index (χ3n) is 6.05. The van der Waals surface area contributed by atoms with E-state index in [-0.39, 0.29) is 5.54 Å². The molecule has 0 spiro atoms. The number of methoxy groups -OCH3 is 2. The lowest BCUT2D eigenvalue weighted by molar-refractivity contribution is 0.237. The van der Waals surface area contributed by atoms with E-state index in [4.69, 9.17) is 9.47 Å². The average Bonchev–Trinajstić information content (AvgIpc) is 3.38. The van der Waals surface area contributed by atoms with Crippen LogP contribution in [-0.4, -0.2) is 40.5 Å². The molecule has 4 rings (SSSR count). The molecule has 2 saturated carbocycles. The van der Waals surface area contributed by atoms with Gasteiger partial charge in [0.15, 0.2) is 17.3 Å². The van der Waals surface area contributed by atoms with Gasteiger partial charge in [0.1, 0.15) is 0 Å². The van der Waals surface area contributed by atoms with Crippen molar-refractivity contribution in [2.24, 2.45) is 0 Å². The van der Waals surface area contributed by atoms with Crippen LogP contribution in [0.4, 0.5) is 0 Å². The Morgan fingerprint density at radius 2 is 1.74 bits per heavy atom. The van der Waals surface area contributed by atoms with Crippen molar-refractivity contribution in [3.8, 4) is 17.2 Å². The number of nitrogens with zero attached hydrogens (tertiary/aromatic N) is 4. The van der Waals surface area contributed by atoms with Crippen LogP contribution in [0.5, 0.6) is 11.5 Å². The zero-order valence-corrected chi connectivity index (χ0v) is 16.3. The monoisotopic (exact) mass is 371 g/mol. The van der Waals surface area contributed by atoms with Gasteiger partial charge >= 0.3 is 0 Å².